The summed E-state index contributed by atoms with van der Waals surface area (Å²) in [5.74, 6) is 0. The standard InChI is InChI=1S/C10H12OS/c1-10(2)11-7-8-5-3-4-6-9(8)12-10/h3-6H,7H2,1-2H3. The second kappa shape index (κ2) is 2.79. The zero-order valence-corrected chi connectivity index (χ0v) is 8.15. The maximum absolute atomic E-state index is 5.65. The van der Waals surface area contributed by atoms with Gasteiger partial charge in [-0.15, -0.1) is 0 Å². The van der Waals surface area contributed by atoms with Gasteiger partial charge in [-0.3, -0.25) is 0 Å². The van der Waals surface area contributed by atoms with E-state index in [1.807, 2.05) is 0 Å². The van der Waals surface area contributed by atoms with Crippen molar-refractivity contribution in [3.63, 3.8) is 0 Å². The van der Waals surface area contributed by atoms with Crippen LogP contribution in [0.5, 0.6) is 0 Å². The van der Waals surface area contributed by atoms with E-state index in [4.69, 9.17) is 4.74 Å². The molecule has 0 aliphatic carbocycles. The lowest BCUT2D eigenvalue weighted by molar-refractivity contribution is 0.0333. The normalized spacial score (nSPS) is 20.2. The first-order chi connectivity index (χ1) is 5.67. The lowest BCUT2D eigenvalue weighted by Crippen LogP contribution is -2.23. The van der Waals surface area contributed by atoms with Crippen LogP contribution in [0.3, 0.4) is 0 Å². The molecule has 0 unspecified atom stereocenters. The Bertz CT molecular complexity index is 294. The van der Waals surface area contributed by atoms with Gasteiger partial charge in [0.15, 0.2) is 0 Å². The van der Waals surface area contributed by atoms with Crippen molar-refractivity contribution >= 4 is 11.8 Å². The Morgan fingerprint density at radius 1 is 1.33 bits per heavy atom. The smallest absolute Gasteiger partial charge is 0.113 e. The number of rotatable bonds is 0. The topological polar surface area (TPSA) is 9.23 Å². The molecule has 2 rings (SSSR count). The van der Waals surface area contributed by atoms with Gasteiger partial charge in [0.2, 0.25) is 0 Å². The molecule has 1 aromatic carbocycles. The number of thioether (sulfide) groups is 1. The maximum Gasteiger partial charge on any atom is 0.113 e. The molecule has 1 aromatic rings. The monoisotopic (exact) mass is 180 g/mol. The van der Waals surface area contributed by atoms with Crippen LogP contribution >= 0.6 is 11.8 Å². The largest absolute Gasteiger partial charge is 0.360 e. The number of benzene rings is 1. The summed E-state index contributed by atoms with van der Waals surface area (Å²) in [4.78, 5) is 1.29. The minimum Gasteiger partial charge on any atom is -0.360 e. The first kappa shape index (κ1) is 8.14. The van der Waals surface area contributed by atoms with Gasteiger partial charge >= 0.3 is 0 Å². The van der Waals surface area contributed by atoms with Crippen LogP contribution in [0.4, 0.5) is 0 Å². The van der Waals surface area contributed by atoms with Gasteiger partial charge in [0.05, 0.1) is 6.61 Å². The zero-order valence-electron chi connectivity index (χ0n) is 7.33. The Hall–Kier alpha value is -0.470. The predicted octanol–water partition coefficient (Wildman–Crippen LogP) is 3.05. The molecular weight excluding hydrogens is 168 g/mol. The summed E-state index contributed by atoms with van der Waals surface area (Å²) in [6, 6.07) is 8.41. The van der Waals surface area contributed by atoms with Gasteiger partial charge in [0.25, 0.3) is 0 Å². The molecule has 2 heteroatoms. The fraction of sp³-hybridized carbons (Fsp3) is 0.400. The van der Waals surface area contributed by atoms with Gasteiger partial charge in [-0.25, -0.2) is 0 Å². The highest BCUT2D eigenvalue weighted by Gasteiger charge is 2.25. The second-order valence-electron chi connectivity index (χ2n) is 3.40. The van der Waals surface area contributed by atoms with Crippen molar-refractivity contribution in [3.05, 3.63) is 29.8 Å². The fourth-order valence-corrected chi connectivity index (χ4v) is 2.32. The molecule has 1 aliphatic rings. The summed E-state index contributed by atoms with van der Waals surface area (Å²) < 4.78 is 5.65. The van der Waals surface area contributed by atoms with Crippen molar-refractivity contribution in [1.82, 2.24) is 0 Å². The molecule has 0 aromatic heterocycles. The van der Waals surface area contributed by atoms with Crippen molar-refractivity contribution in [2.24, 2.45) is 0 Å². The molecule has 1 heterocycles. The van der Waals surface area contributed by atoms with Crippen molar-refractivity contribution < 1.29 is 4.74 Å². The Morgan fingerprint density at radius 3 is 2.92 bits per heavy atom. The highest BCUT2D eigenvalue weighted by Crippen LogP contribution is 2.40. The van der Waals surface area contributed by atoms with E-state index in [0.717, 1.165) is 6.61 Å². The van der Waals surface area contributed by atoms with Gasteiger partial charge in [0, 0.05) is 4.90 Å². The average molecular weight is 180 g/mol. The van der Waals surface area contributed by atoms with E-state index in [0.29, 0.717) is 0 Å². The summed E-state index contributed by atoms with van der Waals surface area (Å²) in [5.41, 5.74) is 1.31. The van der Waals surface area contributed by atoms with Crippen LogP contribution in [0.25, 0.3) is 0 Å². The van der Waals surface area contributed by atoms with E-state index in [1.165, 1.54) is 10.5 Å². The highest BCUT2D eigenvalue weighted by molar-refractivity contribution is 8.00. The van der Waals surface area contributed by atoms with E-state index in [1.54, 1.807) is 11.8 Å². The zero-order chi connectivity index (χ0) is 8.60. The van der Waals surface area contributed by atoms with Gasteiger partial charge < -0.3 is 4.74 Å². The maximum atomic E-state index is 5.65. The van der Waals surface area contributed by atoms with Crippen molar-refractivity contribution in [2.45, 2.75) is 30.3 Å². The summed E-state index contributed by atoms with van der Waals surface area (Å²) in [6.45, 7) is 4.96. The molecule has 0 bridgehead atoms. The molecule has 0 spiro atoms. The quantitative estimate of drug-likeness (QED) is 0.607. The summed E-state index contributed by atoms with van der Waals surface area (Å²) in [5, 5.41) is 0. The fourth-order valence-electron chi connectivity index (χ4n) is 1.27. The van der Waals surface area contributed by atoms with Crippen LogP contribution in [-0.4, -0.2) is 4.93 Å². The SMILES string of the molecule is CC1(C)OCc2ccccc2S1. The number of hydrogen-bond acceptors (Lipinski definition) is 2. The van der Waals surface area contributed by atoms with Gasteiger partial charge in [-0.2, -0.15) is 0 Å². The summed E-state index contributed by atoms with van der Waals surface area (Å²) in [6.07, 6.45) is 0. The Labute approximate surface area is 77.1 Å². The van der Waals surface area contributed by atoms with Crippen molar-refractivity contribution in [3.8, 4) is 0 Å². The molecule has 64 valence electrons. The van der Waals surface area contributed by atoms with Crippen LogP contribution in [0.15, 0.2) is 29.2 Å². The Morgan fingerprint density at radius 2 is 2.08 bits per heavy atom. The first-order valence-electron chi connectivity index (χ1n) is 4.08. The molecule has 0 radical (unpaired) electrons. The number of hydrogen-bond donors (Lipinski definition) is 0. The van der Waals surface area contributed by atoms with E-state index in [-0.39, 0.29) is 4.93 Å². The molecule has 0 fully saturated rings. The van der Waals surface area contributed by atoms with Crippen LogP contribution in [0.2, 0.25) is 0 Å². The van der Waals surface area contributed by atoms with Gasteiger partial charge in [0.1, 0.15) is 4.93 Å². The third kappa shape index (κ3) is 1.50. The van der Waals surface area contributed by atoms with E-state index in [2.05, 4.69) is 38.1 Å². The molecule has 0 N–H and O–H groups in total. The third-order valence-corrected chi connectivity index (χ3v) is 3.13. The molecule has 12 heavy (non-hydrogen) atoms. The minimum atomic E-state index is -0.0612. The number of fused-ring (bicyclic) bond motifs is 1. The Kier molecular flexibility index (Phi) is 1.89. The van der Waals surface area contributed by atoms with Crippen molar-refractivity contribution in [1.29, 1.82) is 0 Å². The molecule has 0 atom stereocenters. The van der Waals surface area contributed by atoms with Crippen LogP contribution in [0.1, 0.15) is 19.4 Å². The first-order valence-corrected chi connectivity index (χ1v) is 4.90. The van der Waals surface area contributed by atoms with Gasteiger partial charge in [-0.1, -0.05) is 30.0 Å². The molecular formula is C10H12OS. The molecule has 0 saturated heterocycles. The third-order valence-electron chi connectivity index (χ3n) is 1.90. The van der Waals surface area contributed by atoms with E-state index < -0.39 is 0 Å². The summed E-state index contributed by atoms with van der Waals surface area (Å²) in [7, 11) is 0. The molecule has 1 aliphatic heterocycles. The molecule has 1 nitrogen and oxygen atoms in total. The lowest BCUT2D eigenvalue weighted by atomic mass is 10.2. The van der Waals surface area contributed by atoms with Crippen LogP contribution < -0.4 is 0 Å². The molecule has 0 amide bonds. The van der Waals surface area contributed by atoms with E-state index >= 15 is 0 Å². The highest BCUT2D eigenvalue weighted by atomic mass is 32.2. The predicted molar refractivity (Wildman–Crippen MR) is 51.2 cm³/mol. The minimum absolute atomic E-state index is 0.0612. The van der Waals surface area contributed by atoms with Gasteiger partial charge in [-0.05, 0) is 25.5 Å². The molecule has 0 saturated carbocycles. The lowest BCUT2D eigenvalue weighted by Gasteiger charge is -2.30. The van der Waals surface area contributed by atoms with Crippen LogP contribution in [-0.2, 0) is 11.3 Å². The van der Waals surface area contributed by atoms with E-state index in [9.17, 15) is 0 Å². The summed E-state index contributed by atoms with van der Waals surface area (Å²) >= 11 is 1.79. The number of ether oxygens (including phenoxy) is 1. The second-order valence-corrected chi connectivity index (χ2v) is 5.03. The average Bonchev–Trinajstić information content (AvgIpc) is 2.02. The van der Waals surface area contributed by atoms with Crippen LogP contribution in [0, 0.1) is 0 Å². The van der Waals surface area contributed by atoms with Crippen molar-refractivity contribution in [2.75, 3.05) is 0 Å². The Balaban J connectivity index is 2.35.